The summed E-state index contributed by atoms with van der Waals surface area (Å²) in [4.78, 5) is 40.0. The Kier molecular flexibility index (Phi) is 7.53. The zero-order chi connectivity index (χ0) is 25.3. The van der Waals surface area contributed by atoms with Gasteiger partial charge >= 0.3 is 11.9 Å². The third-order valence-electron chi connectivity index (χ3n) is 5.29. The minimum Gasteiger partial charge on any atom is -0.464 e. The highest BCUT2D eigenvalue weighted by Gasteiger charge is 2.38. The van der Waals surface area contributed by atoms with Crippen molar-refractivity contribution < 1.29 is 23.9 Å². The molecule has 2 heterocycles. The number of nitrogens with zero attached hydrogens (tertiary/aromatic N) is 1. The van der Waals surface area contributed by atoms with Crippen LogP contribution >= 0.6 is 43.6 Å². The molecule has 0 unspecified atom stereocenters. The van der Waals surface area contributed by atoms with Gasteiger partial charge in [-0.3, -0.25) is 9.36 Å². The average molecular weight is 620 g/mol. The van der Waals surface area contributed by atoms with Crippen molar-refractivity contribution in [1.82, 2.24) is 4.57 Å². The second kappa shape index (κ2) is 10.4. The Balaban J connectivity index is 2.11. The molecule has 0 amide bonds. The standard InChI is InChI=1S/C25H20Br2N2O5S/c1-3-34-25(32)22-19-17(11-13-6-4-8-15(26)10-13)18(28)20(24(31)33-2)29(19)23(30)21(35-22)14-7-5-9-16(27)12-14/h4-12,21H,3,28H2,1-2H3/b17-11+/t21-/m0/s1. The molecular formula is C25H20Br2N2O5S. The van der Waals surface area contributed by atoms with E-state index in [1.807, 2.05) is 30.3 Å². The predicted octanol–water partition coefficient (Wildman–Crippen LogP) is 4.01. The molecule has 1 atom stereocenters. The number of benzene rings is 2. The number of hydrogen-bond donors (Lipinski definition) is 1. The van der Waals surface area contributed by atoms with Crippen LogP contribution in [0.3, 0.4) is 0 Å². The van der Waals surface area contributed by atoms with Crippen LogP contribution in [0.4, 0.5) is 5.69 Å². The highest BCUT2D eigenvalue weighted by molar-refractivity contribution is 9.10. The summed E-state index contributed by atoms with van der Waals surface area (Å²) in [6.45, 7) is 1.84. The molecule has 180 valence electrons. The molecule has 7 nitrogen and oxygen atoms in total. The van der Waals surface area contributed by atoms with Crippen molar-refractivity contribution in [3.05, 3.63) is 84.9 Å². The fourth-order valence-electron chi connectivity index (χ4n) is 3.82. The summed E-state index contributed by atoms with van der Waals surface area (Å²) < 4.78 is 13.1. The smallest absolute Gasteiger partial charge is 0.357 e. The van der Waals surface area contributed by atoms with Crippen molar-refractivity contribution in [2.75, 3.05) is 19.5 Å². The summed E-state index contributed by atoms with van der Waals surface area (Å²) in [6.07, 6.45) is 1.73. The minimum atomic E-state index is -0.812. The number of methoxy groups -OCH3 is 1. The largest absolute Gasteiger partial charge is 0.464 e. The lowest BCUT2D eigenvalue weighted by Gasteiger charge is -2.23. The molecule has 0 fully saturated rings. The molecule has 2 aromatic carbocycles. The summed E-state index contributed by atoms with van der Waals surface area (Å²) in [7, 11) is 1.21. The third-order valence-corrected chi connectivity index (χ3v) is 7.59. The summed E-state index contributed by atoms with van der Waals surface area (Å²) >= 11 is 7.94. The topological polar surface area (TPSA) is 101 Å². The molecule has 0 aliphatic carbocycles. The number of anilines is 1. The van der Waals surface area contributed by atoms with Gasteiger partial charge in [0.1, 0.15) is 10.2 Å². The first kappa shape index (κ1) is 25.3. The van der Waals surface area contributed by atoms with E-state index in [-0.39, 0.29) is 28.2 Å². The predicted molar refractivity (Wildman–Crippen MR) is 142 cm³/mol. The molecule has 0 saturated carbocycles. The van der Waals surface area contributed by atoms with Crippen LogP contribution in [0.1, 0.15) is 38.6 Å². The van der Waals surface area contributed by atoms with Gasteiger partial charge in [0.05, 0.1) is 24.8 Å². The van der Waals surface area contributed by atoms with Gasteiger partial charge < -0.3 is 15.2 Å². The first-order valence-corrected chi connectivity index (χ1v) is 13.0. The number of aromatic nitrogens is 1. The van der Waals surface area contributed by atoms with Gasteiger partial charge in [-0.25, -0.2) is 9.59 Å². The zero-order valence-corrected chi connectivity index (χ0v) is 22.7. The van der Waals surface area contributed by atoms with Crippen LogP contribution in [0.5, 0.6) is 0 Å². The number of hydrogen-bond acceptors (Lipinski definition) is 7. The first-order chi connectivity index (χ1) is 16.8. The Labute approximate surface area is 222 Å². The summed E-state index contributed by atoms with van der Waals surface area (Å²) in [6, 6.07) is 14.6. The number of fused-ring (bicyclic) bond motifs is 1. The van der Waals surface area contributed by atoms with Crippen LogP contribution in [-0.2, 0) is 14.3 Å². The molecule has 0 radical (unpaired) electrons. The van der Waals surface area contributed by atoms with Crippen LogP contribution in [0.2, 0.25) is 0 Å². The summed E-state index contributed by atoms with van der Waals surface area (Å²) in [5.41, 5.74) is 7.77. The highest BCUT2D eigenvalue weighted by Crippen LogP contribution is 2.40. The van der Waals surface area contributed by atoms with E-state index in [0.29, 0.717) is 10.8 Å². The summed E-state index contributed by atoms with van der Waals surface area (Å²) in [5, 5.41) is -0.240. The van der Waals surface area contributed by atoms with Gasteiger partial charge in [0.25, 0.3) is 0 Å². The Morgan fingerprint density at radius 1 is 1.11 bits per heavy atom. The van der Waals surface area contributed by atoms with Crippen molar-refractivity contribution in [1.29, 1.82) is 0 Å². The number of thioether (sulfide) groups is 1. The number of rotatable bonds is 5. The maximum Gasteiger partial charge on any atom is 0.357 e. The number of esters is 2. The third kappa shape index (κ3) is 4.82. The quantitative estimate of drug-likeness (QED) is 0.431. The van der Waals surface area contributed by atoms with E-state index in [9.17, 15) is 14.4 Å². The number of carbonyl (C=O) groups excluding carboxylic acids is 3. The fraction of sp³-hybridized carbons (Fsp3) is 0.160. The van der Waals surface area contributed by atoms with E-state index < -0.39 is 23.1 Å². The Morgan fingerprint density at radius 3 is 2.43 bits per heavy atom. The Morgan fingerprint density at radius 2 is 1.80 bits per heavy atom. The van der Waals surface area contributed by atoms with Crippen molar-refractivity contribution in [2.45, 2.75) is 12.2 Å². The van der Waals surface area contributed by atoms with Crippen LogP contribution < -0.4 is 16.3 Å². The van der Waals surface area contributed by atoms with Crippen LogP contribution in [0.15, 0.2) is 57.5 Å². The lowest BCUT2D eigenvalue weighted by Crippen LogP contribution is -2.42. The van der Waals surface area contributed by atoms with Gasteiger partial charge in [0.15, 0.2) is 5.69 Å². The number of ether oxygens (including phenoxy) is 2. The van der Waals surface area contributed by atoms with Crippen LogP contribution in [0.25, 0.3) is 11.0 Å². The van der Waals surface area contributed by atoms with E-state index in [1.165, 1.54) is 11.7 Å². The molecule has 10 heteroatoms. The minimum absolute atomic E-state index is 0.0393. The highest BCUT2D eigenvalue weighted by atomic mass is 79.9. The van der Waals surface area contributed by atoms with E-state index in [2.05, 4.69) is 31.9 Å². The van der Waals surface area contributed by atoms with Gasteiger partial charge in [-0.15, -0.1) is 0 Å². The maximum atomic E-state index is 13.8. The van der Waals surface area contributed by atoms with Crippen molar-refractivity contribution in [3.8, 4) is 0 Å². The Hall–Kier alpha value is -2.82. The molecular weight excluding hydrogens is 600 g/mol. The lowest BCUT2D eigenvalue weighted by molar-refractivity contribution is -0.135. The molecule has 0 bridgehead atoms. The molecule has 35 heavy (non-hydrogen) atoms. The average Bonchev–Trinajstić information content (AvgIpc) is 3.11. The fourth-order valence-corrected chi connectivity index (χ4v) is 5.85. The normalized spacial score (nSPS) is 15.7. The van der Waals surface area contributed by atoms with Gasteiger partial charge in [-0.2, -0.15) is 0 Å². The molecule has 4 rings (SSSR count). The second-order valence-electron chi connectivity index (χ2n) is 7.49. The van der Waals surface area contributed by atoms with Crippen molar-refractivity contribution >= 4 is 78.1 Å². The van der Waals surface area contributed by atoms with Crippen molar-refractivity contribution in [3.63, 3.8) is 0 Å². The molecule has 2 N–H and O–H groups in total. The van der Waals surface area contributed by atoms with Crippen molar-refractivity contribution in [2.24, 2.45) is 0 Å². The zero-order valence-electron chi connectivity index (χ0n) is 18.7. The molecule has 3 aromatic rings. The molecule has 1 aliphatic heterocycles. The number of carbonyl (C=O) groups is 3. The number of nitrogens with two attached hydrogens (primary N) is 1. The molecule has 0 saturated heterocycles. The van der Waals surface area contributed by atoms with Gasteiger partial charge in [-0.05, 0) is 48.4 Å². The van der Waals surface area contributed by atoms with Crippen LogP contribution in [-0.4, -0.2) is 36.1 Å². The molecule has 1 aromatic heterocycles. The summed E-state index contributed by atoms with van der Waals surface area (Å²) in [5.74, 6) is -1.81. The van der Waals surface area contributed by atoms with Gasteiger partial charge in [0, 0.05) is 14.2 Å². The van der Waals surface area contributed by atoms with Crippen LogP contribution in [0, 0.1) is 0 Å². The SMILES string of the molecule is CCOC(=O)C1=c2/c(=C/c3cccc(Br)c3)c(N)c(C(=O)OC)n2C(=O)[C@H](c2cccc(Br)c2)S1. The number of nitrogen functional groups attached to an aromatic ring is 1. The number of halogens is 2. The van der Waals surface area contributed by atoms with Gasteiger partial charge in [0.2, 0.25) is 5.91 Å². The van der Waals surface area contributed by atoms with E-state index in [1.54, 1.807) is 31.2 Å². The molecule has 0 spiro atoms. The van der Waals surface area contributed by atoms with Gasteiger partial charge in [-0.1, -0.05) is 67.9 Å². The maximum absolute atomic E-state index is 13.8. The lowest BCUT2D eigenvalue weighted by atomic mass is 10.1. The monoisotopic (exact) mass is 618 g/mol. The Bertz CT molecular complexity index is 1480. The van der Waals surface area contributed by atoms with E-state index >= 15 is 0 Å². The second-order valence-corrected chi connectivity index (χ2v) is 10.4. The van der Waals surface area contributed by atoms with E-state index in [0.717, 1.165) is 26.3 Å². The van der Waals surface area contributed by atoms with E-state index in [4.69, 9.17) is 15.2 Å². The molecule has 1 aliphatic rings. The first-order valence-electron chi connectivity index (χ1n) is 10.5.